The van der Waals surface area contributed by atoms with Crippen molar-refractivity contribution >= 4 is 11.9 Å². The second-order valence-electron chi connectivity index (χ2n) is 7.52. The Morgan fingerprint density at radius 2 is 1.15 bits per heavy atom. The van der Waals surface area contributed by atoms with Crippen LogP contribution in [0.2, 0.25) is 0 Å². The van der Waals surface area contributed by atoms with Crippen molar-refractivity contribution in [2.24, 2.45) is 10.8 Å². The van der Waals surface area contributed by atoms with Crippen LogP contribution in [0.3, 0.4) is 0 Å². The number of ether oxygens (including phenoxy) is 2. The van der Waals surface area contributed by atoms with E-state index in [0.717, 1.165) is 12.8 Å². The highest BCUT2D eigenvalue weighted by Crippen LogP contribution is 2.29. The number of esters is 2. The zero-order valence-corrected chi connectivity index (χ0v) is 14.3. The minimum absolute atomic E-state index is 0.363. The third kappa shape index (κ3) is 6.40. The van der Waals surface area contributed by atoms with Crippen molar-refractivity contribution in [3.05, 3.63) is 0 Å². The first kappa shape index (κ1) is 18.9. The van der Waals surface area contributed by atoms with E-state index in [2.05, 4.69) is 0 Å². The van der Waals surface area contributed by atoms with Crippen LogP contribution in [0, 0.1) is 10.8 Å². The maximum absolute atomic E-state index is 12.1. The van der Waals surface area contributed by atoms with Crippen LogP contribution in [0.1, 0.15) is 74.7 Å². The third-order valence-corrected chi connectivity index (χ3v) is 2.83. The largest absolute Gasteiger partial charge is 0.422 e. The van der Waals surface area contributed by atoms with Gasteiger partial charge in [0.2, 0.25) is 0 Å². The van der Waals surface area contributed by atoms with Crippen LogP contribution in [0.5, 0.6) is 0 Å². The van der Waals surface area contributed by atoms with E-state index in [9.17, 15) is 9.59 Å². The molecule has 0 unspecified atom stereocenters. The standard InChI is InChI=1S/C16H30O4/c1-9-10-11-16(8,19-12(17)14(2,3)4)20-13(18)15(5,6)7/h9-11H2,1-8H3. The zero-order chi connectivity index (χ0) is 16.2. The van der Waals surface area contributed by atoms with Gasteiger partial charge in [0.15, 0.2) is 0 Å². The number of unbranched alkanes of at least 4 members (excludes halogenated alkanes) is 1. The number of hydrogen-bond donors (Lipinski definition) is 0. The van der Waals surface area contributed by atoms with Crippen LogP contribution in [0.25, 0.3) is 0 Å². The van der Waals surface area contributed by atoms with Crippen molar-refractivity contribution in [3.8, 4) is 0 Å². The van der Waals surface area contributed by atoms with E-state index < -0.39 is 16.6 Å². The van der Waals surface area contributed by atoms with Crippen LogP contribution >= 0.6 is 0 Å². The molecular weight excluding hydrogens is 256 g/mol. The van der Waals surface area contributed by atoms with Crippen LogP contribution in [0.4, 0.5) is 0 Å². The monoisotopic (exact) mass is 286 g/mol. The highest BCUT2D eigenvalue weighted by Gasteiger charge is 2.39. The van der Waals surface area contributed by atoms with Gasteiger partial charge < -0.3 is 9.47 Å². The van der Waals surface area contributed by atoms with Gasteiger partial charge in [0, 0.05) is 13.3 Å². The molecule has 0 amide bonds. The Bertz CT molecular complexity index is 316. The topological polar surface area (TPSA) is 52.6 Å². The summed E-state index contributed by atoms with van der Waals surface area (Å²) in [7, 11) is 0. The molecule has 0 spiro atoms. The smallest absolute Gasteiger partial charge is 0.314 e. The van der Waals surface area contributed by atoms with E-state index in [1.165, 1.54) is 0 Å². The summed E-state index contributed by atoms with van der Waals surface area (Å²) in [6.45, 7) is 14.4. The lowest BCUT2D eigenvalue weighted by Crippen LogP contribution is -2.42. The fourth-order valence-electron chi connectivity index (χ4n) is 1.32. The summed E-state index contributed by atoms with van der Waals surface area (Å²) in [5, 5.41) is 0. The molecule has 0 radical (unpaired) electrons. The summed E-state index contributed by atoms with van der Waals surface area (Å²) in [4.78, 5) is 24.1. The summed E-state index contributed by atoms with van der Waals surface area (Å²) >= 11 is 0. The van der Waals surface area contributed by atoms with Gasteiger partial charge in [0.1, 0.15) is 0 Å². The molecule has 0 heterocycles. The van der Waals surface area contributed by atoms with Crippen molar-refractivity contribution in [1.82, 2.24) is 0 Å². The van der Waals surface area contributed by atoms with E-state index in [1.807, 2.05) is 6.92 Å². The van der Waals surface area contributed by atoms with E-state index in [4.69, 9.17) is 9.47 Å². The van der Waals surface area contributed by atoms with E-state index in [0.29, 0.717) is 6.42 Å². The SMILES string of the molecule is CCCCC(C)(OC(=O)C(C)(C)C)OC(=O)C(C)(C)C. The van der Waals surface area contributed by atoms with E-state index >= 15 is 0 Å². The molecule has 0 aromatic rings. The molecule has 0 atom stereocenters. The molecule has 0 aromatic heterocycles. The van der Waals surface area contributed by atoms with Gasteiger partial charge in [0.05, 0.1) is 10.8 Å². The third-order valence-electron chi connectivity index (χ3n) is 2.83. The highest BCUT2D eigenvalue weighted by atomic mass is 16.7. The second-order valence-corrected chi connectivity index (χ2v) is 7.52. The van der Waals surface area contributed by atoms with Crippen LogP contribution in [-0.2, 0) is 19.1 Å². The van der Waals surface area contributed by atoms with Gasteiger partial charge >= 0.3 is 11.9 Å². The van der Waals surface area contributed by atoms with Crippen molar-refractivity contribution in [2.45, 2.75) is 80.4 Å². The van der Waals surface area contributed by atoms with Gasteiger partial charge in [-0.2, -0.15) is 0 Å². The molecule has 0 N–H and O–H groups in total. The normalized spacial score (nSPS) is 13.0. The Labute approximate surface area is 123 Å². The zero-order valence-electron chi connectivity index (χ0n) is 14.3. The minimum Gasteiger partial charge on any atom is -0.422 e. The number of carbonyl (C=O) groups is 2. The molecule has 0 bridgehead atoms. The van der Waals surface area contributed by atoms with Gasteiger partial charge in [-0.3, -0.25) is 9.59 Å². The van der Waals surface area contributed by atoms with Gasteiger partial charge in [-0.1, -0.05) is 13.3 Å². The lowest BCUT2D eigenvalue weighted by molar-refractivity contribution is -0.235. The quantitative estimate of drug-likeness (QED) is 0.564. The van der Waals surface area contributed by atoms with Gasteiger partial charge in [0.25, 0.3) is 5.79 Å². The molecule has 0 aliphatic rings. The lowest BCUT2D eigenvalue weighted by Gasteiger charge is -2.34. The predicted molar refractivity (Wildman–Crippen MR) is 79.0 cm³/mol. The predicted octanol–water partition coefficient (Wildman–Crippen LogP) is 4.07. The molecule has 20 heavy (non-hydrogen) atoms. The first-order valence-electron chi connectivity index (χ1n) is 7.29. The van der Waals surface area contributed by atoms with Crippen molar-refractivity contribution in [3.63, 3.8) is 0 Å². The molecule has 0 aliphatic carbocycles. The molecule has 0 saturated carbocycles. The first-order valence-corrected chi connectivity index (χ1v) is 7.29. The molecule has 118 valence electrons. The Morgan fingerprint density at radius 1 is 0.800 bits per heavy atom. The van der Waals surface area contributed by atoms with Crippen molar-refractivity contribution in [2.75, 3.05) is 0 Å². The van der Waals surface area contributed by atoms with Crippen molar-refractivity contribution < 1.29 is 19.1 Å². The molecule has 0 rings (SSSR count). The molecule has 4 nitrogen and oxygen atoms in total. The number of hydrogen-bond acceptors (Lipinski definition) is 4. The molecule has 4 heteroatoms. The van der Waals surface area contributed by atoms with E-state index in [1.54, 1.807) is 48.5 Å². The van der Waals surface area contributed by atoms with Gasteiger partial charge in [-0.25, -0.2) is 0 Å². The summed E-state index contributed by atoms with van der Waals surface area (Å²) in [6, 6.07) is 0. The Hall–Kier alpha value is -1.06. The van der Waals surface area contributed by atoms with Crippen molar-refractivity contribution in [1.29, 1.82) is 0 Å². The summed E-state index contributed by atoms with van der Waals surface area (Å²) in [6.07, 6.45) is 2.27. The Balaban J connectivity index is 5.01. The summed E-state index contributed by atoms with van der Waals surface area (Å²) in [5.41, 5.74) is -1.25. The van der Waals surface area contributed by atoms with Crippen LogP contribution < -0.4 is 0 Å². The molecule has 0 fully saturated rings. The maximum Gasteiger partial charge on any atom is 0.314 e. The average Bonchev–Trinajstić information content (AvgIpc) is 2.23. The van der Waals surface area contributed by atoms with Crippen LogP contribution in [0.15, 0.2) is 0 Å². The molecule has 0 saturated heterocycles. The number of rotatable bonds is 5. The summed E-state index contributed by atoms with van der Waals surface area (Å²) in [5.74, 6) is -1.92. The minimum atomic E-state index is -1.19. The van der Waals surface area contributed by atoms with Gasteiger partial charge in [-0.15, -0.1) is 0 Å². The van der Waals surface area contributed by atoms with Crippen LogP contribution in [-0.4, -0.2) is 17.7 Å². The molecule has 0 aromatic carbocycles. The van der Waals surface area contributed by atoms with E-state index in [-0.39, 0.29) is 11.9 Å². The van der Waals surface area contributed by atoms with Gasteiger partial charge in [-0.05, 0) is 48.0 Å². The average molecular weight is 286 g/mol. The lowest BCUT2D eigenvalue weighted by atomic mass is 9.96. The molecular formula is C16H30O4. The fourth-order valence-corrected chi connectivity index (χ4v) is 1.32. The first-order chi connectivity index (χ1) is 8.82. The molecule has 0 aliphatic heterocycles. The second kappa shape index (κ2) is 6.59. The summed E-state index contributed by atoms with van der Waals surface area (Å²) < 4.78 is 11.0. The Morgan fingerprint density at radius 3 is 1.40 bits per heavy atom. The Kier molecular flexibility index (Phi) is 6.25. The highest BCUT2D eigenvalue weighted by molar-refractivity contribution is 5.77. The maximum atomic E-state index is 12.1. The number of carbonyl (C=O) groups excluding carboxylic acids is 2. The fraction of sp³-hybridized carbons (Fsp3) is 0.875.